The molecule has 1 rings (SSSR count). The number of carbonyl (C=O) groups is 1. The second-order valence-electron chi connectivity index (χ2n) is 3.23. The van der Waals surface area contributed by atoms with Gasteiger partial charge in [-0.15, -0.1) is 0 Å². The minimum Gasteiger partial charge on any atom is -0.492 e. The lowest BCUT2D eigenvalue weighted by Gasteiger charge is -2.03. The van der Waals surface area contributed by atoms with Gasteiger partial charge in [0.25, 0.3) is 0 Å². The van der Waals surface area contributed by atoms with Crippen molar-refractivity contribution >= 4 is 5.97 Å². The van der Waals surface area contributed by atoms with Gasteiger partial charge in [0.15, 0.2) is 0 Å². The van der Waals surface area contributed by atoms with E-state index in [9.17, 15) is 4.79 Å². The molecule has 0 atom stereocenters. The van der Waals surface area contributed by atoms with E-state index in [1.54, 1.807) is 25.4 Å². The smallest absolute Gasteiger partial charge is 0.384 e. The lowest BCUT2D eigenvalue weighted by molar-refractivity contribution is -0.136. The Morgan fingerprint density at radius 1 is 1.41 bits per heavy atom. The van der Waals surface area contributed by atoms with Crippen LogP contribution in [0.2, 0.25) is 0 Å². The van der Waals surface area contributed by atoms with Crippen molar-refractivity contribution in [3.8, 4) is 17.6 Å². The summed E-state index contributed by atoms with van der Waals surface area (Å²) in [6.45, 7) is 4.72. The van der Waals surface area contributed by atoms with Crippen LogP contribution in [0.15, 0.2) is 18.5 Å². The summed E-state index contributed by atoms with van der Waals surface area (Å²) in [5, 5.41) is 0. The number of pyridine rings is 1. The highest BCUT2D eigenvalue weighted by atomic mass is 16.5. The first-order valence-corrected chi connectivity index (χ1v) is 5.53. The summed E-state index contributed by atoms with van der Waals surface area (Å²) in [7, 11) is 0. The molecule has 0 amide bonds. The van der Waals surface area contributed by atoms with Crippen LogP contribution in [0.1, 0.15) is 25.8 Å². The molecule has 0 spiro atoms. The van der Waals surface area contributed by atoms with Crippen molar-refractivity contribution in [2.24, 2.45) is 0 Å². The van der Waals surface area contributed by atoms with Gasteiger partial charge in [-0.05, 0) is 19.4 Å². The number of carbonyl (C=O) groups excluding carboxylic acids is 1. The molecule has 0 N–H and O–H groups in total. The zero-order chi connectivity index (χ0) is 12.5. The third-order valence-corrected chi connectivity index (χ3v) is 1.77. The van der Waals surface area contributed by atoms with E-state index in [4.69, 9.17) is 9.47 Å². The predicted molar refractivity (Wildman–Crippen MR) is 63.5 cm³/mol. The van der Waals surface area contributed by atoms with Crippen LogP contribution >= 0.6 is 0 Å². The standard InChI is InChI=1S/C13H15NO3/c1-3-7-17-12-8-11(9-14-10-12)5-6-13(15)16-4-2/h8-10H,3-4,7H2,1-2H3. The lowest BCUT2D eigenvalue weighted by Crippen LogP contribution is -1.99. The highest BCUT2D eigenvalue weighted by Gasteiger charge is 1.96. The number of rotatable bonds is 4. The zero-order valence-electron chi connectivity index (χ0n) is 10.0. The molecule has 17 heavy (non-hydrogen) atoms. The normalized spacial score (nSPS) is 9.06. The Morgan fingerprint density at radius 3 is 2.94 bits per heavy atom. The number of nitrogens with zero attached hydrogens (tertiary/aromatic N) is 1. The van der Waals surface area contributed by atoms with Crippen molar-refractivity contribution < 1.29 is 14.3 Å². The highest BCUT2D eigenvalue weighted by molar-refractivity contribution is 5.89. The fourth-order valence-corrected chi connectivity index (χ4v) is 1.08. The molecule has 0 unspecified atom stereocenters. The summed E-state index contributed by atoms with van der Waals surface area (Å²) in [6, 6.07) is 1.74. The monoisotopic (exact) mass is 233 g/mol. The van der Waals surface area contributed by atoms with Gasteiger partial charge in [-0.1, -0.05) is 12.8 Å². The third-order valence-electron chi connectivity index (χ3n) is 1.77. The number of hydrogen-bond acceptors (Lipinski definition) is 4. The summed E-state index contributed by atoms with van der Waals surface area (Å²) in [4.78, 5) is 15.0. The van der Waals surface area contributed by atoms with Gasteiger partial charge in [-0.2, -0.15) is 0 Å². The SMILES string of the molecule is CCCOc1cncc(C#CC(=O)OCC)c1. The Bertz CT molecular complexity index is 432. The van der Waals surface area contributed by atoms with E-state index < -0.39 is 5.97 Å². The fraction of sp³-hybridized carbons (Fsp3) is 0.385. The Labute approximate surface area is 101 Å². The van der Waals surface area contributed by atoms with Crippen molar-refractivity contribution in [1.29, 1.82) is 0 Å². The van der Waals surface area contributed by atoms with Crippen LogP contribution in [0.4, 0.5) is 0 Å². The third kappa shape index (κ3) is 5.03. The van der Waals surface area contributed by atoms with E-state index in [1.807, 2.05) is 6.92 Å². The van der Waals surface area contributed by atoms with Gasteiger partial charge >= 0.3 is 5.97 Å². The number of hydrogen-bond donors (Lipinski definition) is 0. The number of aromatic nitrogens is 1. The van der Waals surface area contributed by atoms with Crippen LogP contribution in [-0.4, -0.2) is 24.2 Å². The van der Waals surface area contributed by atoms with Crippen molar-refractivity contribution in [1.82, 2.24) is 4.98 Å². The van der Waals surface area contributed by atoms with Gasteiger partial charge in [0.2, 0.25) is 0 Å². The van der Waals surface area contributed by atoms with Gasteiger partial charge in [0, 0.05) is 17.7 Å². The second kappa shape index (κ2) is 7.29. The maximum Gasteiger partial charge on any atom is 0.384 e. The molecule has 4 nitrogen and oxygen atoms in total. The maximum absolute atomic E-state index is 11.0. The van der Waals surface area contributed by atoms with Crippen molar-refractivity contribution in [3.05, 3.63) is 24.0 Å². The molecule has 4 heteroatoms. The molecule has 0 aliphatic heterocycles. The van der Waals surface area contributed by atoms with Crippen LogP contribution in [0, 0.1) is 11.8 Å². The van der Waals surface area contributed by atoms with Crippen molar-refractivity contribution in [2.45, 2.75) is 20.3 Å². The van der Waals surface area contributed by atoms with Crippen molar-refractivity contribution in [3.63, 3.8) is 0 Å². The Kier molecular flexibility index (Phi) is 5.59. The van der Waals surface area contributed by atoms with Gasteiger partial charge < -0.3 is 9.47 Å². The second-order valence-corrected chi connectivity index (χ2v) is 3.23. The highest BCUT2D eigenvalue weighted by Crippen LogP contribution is 2.10. The first kappa shape index (κ1) is 13.0. The first-order valence-electron chi connectivity index (χ1n) is 5.53. The lowest BCUT2D eigenvalue weighted by atomic mass is 10.3. The molecule has 0 radical (unpaired) electrons. The van der Waals surface area contributed by atoms with Crippen molar-refractivity contribution in [2.75, 3.05) is 13.2 Å². The molecule has 0 saturated heterocycles. The average Bonchev–Trinajstić information content (AvgIpc) is 2.35. The van der Waals surface area contributed by atoms with Crippen LogP contribution in [0.5, 0.6) is 5.75 Å². The molecule has 0 fully saturated rings. The van der Waals surface area contributed by atoms with E-state index in [-0.39, 0.29) is 0 Å². The summed E-state index contributed by atoms with van der Waals surface area (Å²) >= 11 is 0. The van der Waals surface area contributed by atoms with Gasteiger partial charge in [-0.3, -0.25) is 4.98 Å². The van der Waals surface area contributed by atoms with Crippen LogP contribution in [-0.2, 0) is 9.53 Å². The van der Waals surface area contributed by atoms with Crippen LogP contribution < -0.4 is 4.74 Å². The van der Waals surface area contributed by atoms with E-state index in [0.717, 1.165) is 6.42 Å². The summed E-state index contributed by atoms with van der Waals surface area (Å²) in [5.74, 6) is 5.18. The molecule has 1 heterocycles. The molecular weight excluding hydrogens is 218 g/mol. The van der Waals surface area contributed by atoms with E-state index in [1.165, 1.54) is 0 Å². The molecule has 90 valence electrons. The molecule has 0 aliphatic rings. The minimum atomic E-state index is -0.535. The van der Waals surface area contributed by atoms with Crippen LogP contribution in [0.3, 0.4) is 0 Å². The quantitative estimate of drug-likeness (QED) is 0.587. The molecule has 1 aromatic heterocycles. The molecule has 0 aromatic carbocycles. The molecule has 0 aliphatic carbocycles. The Morgan fingerprint density at radius 2 is 2.24 bits per heavy atom. The molecule has 1 aromatic rings. The van der Waals surface area contributed by atoms with E-state index >= 15 is 0 Å². The fourth-order valence-electron chi connectivity index (χ4n) is 1.08. The Balaban J connectivity index is 2.67. The van der Waals surface area contributed by atoms with Gasteiger partial charge in [0.1, 0.15) is 5.75 Å². The first-order chi connectivity index (χ1) is 8.26. The molecule has 0 bridgehead atoms. The molecule has 0 saturated carbocycles. The molecular formula is C13H15NO3. The number of esters is 1. The maximum atomic E-state index is 11.0. The van der Waals surface area contributed by atoms with Crippen LogP contribution in [0.25, 0.3) is 0 Å². The minimum absolute atomic E-state index is 0.325. The van der Waals surface area contributed by atoms with Gasteiger partial charge in [0.05, 0.1) is 19.4 Å². The Hall–Kier alpha value is -2.02. The largest absolute Gasteiger partial charge is 0.492 e. The number of ether oxygens (including phenoxy) is 2. The zero-order valence-corrected chi connectivity index (χ0v) is 10.0. The average molecular weight is 233 g/mol. The summed E-state index contributed by atoms with van der Waals surface area (Å²) < 4.78 is 10.1. The van der Waals surface area contributed by atoms with E-state index in [0.29, 0.717) is 24.5 Å². The van der Waals surface area contributed by atoms with E-state index in [2.05, 4.69) is 16.8 Å². The summed E-state index contributed by atoms with van der Waals surface area (Å²) in [6.07, 6.45) is 4.12. The topological polar surface area (TPSA) is 48.4 Å². The summed E-state index contributed by atoms with van der Waals surface area (Å²) in [5.41, 5.74) is 0.631. The predicted octanol–water partition coefficient (Wildman–Crippen LogP) is 1.78. The van der Waals surface area contributed by atoms with Gasteiger partial charge in [-0.25, -0.2) is 4.79 Å².